The molecule has 0 unspecified atom stereocenters. The van der Waals surface area contributed by atoms with Gasteiger partial charge in [0.2, 0.25) is 11.8 Å². The van der Waals surface area contributed by atoms with Crippen molar-refractivity contribution in [2.75, 3.05) is 26.2 Å². The maximum Gasteiger partial charge on any atom is 0.270 e. The second-order valence-corrected chi connectivity index (χ2v) is 13.8. The van der Waals surface area contributed by atoms with Crippen molar-refractivity contribution >= 4 is 23.5 Å². The molecule has 0 spiro atoms. The summed E-state index contributed by atoms with van der Waals surface area (Å²) in [4.78, 5) is 57.4. The number of aromatic nitrogens is 2. The van der Waals surface area contributed by atoms with E-state index in [-0.39, 0.29) is 29.4 Å². The molecule has 1 aliphatic carbocycles. The predicted octanol–water partition coefficient (Wildman–Crippen LogP) is 4.96. The van der Waals surface area contributed by atoms with Gasteiger partial charge in [-0.3, -0.25) is 28.8 Å². The number of amides is 3. The number of carbonyl (C=O) groups is 4. The lowest BCUT2D eigenvalue weighted by molar-refractivity contribution is -0.138. The van der Waals surface area contributed by atoms with E-state index < -0.39 is 12.1 Å². The first-order valence-corrected chi connectivity index (χ1v) is 18.6. The molecule has 1 saturated heterocycles. The van der Waals surface area contributed by atoms with E-state index in [2.05, 4.69) is 32.8 Å². The minimum absolute atomic E-state index is 0.0468. The van der Waals surface area contributed by atoms with Crippen molar-refractivity contribution in [3.63, 3.8) is 0 Å². The standard InChI is InChI=1S/C40H54N6O4/c1-3-37(48)42-34(40(50)45-26-24-44(25-27-45)29-32-12-8-7-9-13-32)28-31-18-16-30(17-19-31)20-21-36(47)38(33-14-10-5-6-11-15-33)43-39(49)35-22-23-41-46(35)4-2/h7-9,12-13,16-19,22-23,33-34,38H,3-6,10-11,14-15,20-21,24-29H2,1-2H3,(H,42,48)(H,43,49)/t34-,38+/m1/s1. The third kappa shape index (κ3) is 10.4. The number of piperazine rings is 1. The Morgan fingerprint density at radius 3 is 2.14 bits per heavy atom. The maximum atomic E-state index is 13.7. The van der Waals surface area contributed by atoms with Crippen molar-refractivity contribution < 1.29 is 19.2 Å². The molecule has 1 aromatic heterocycles. The second-order valence-electron chi connectivity index (χ2n) is 13.8. The summed E-state index contributed by atoms with van der Waals surface area (Å²) in [5, 5.41) is 10.3. The number of rotatable bonds is 15. The van der Waals surface area contributed by atoms with Crippen LogP contribution < -0.4 is 10.6 Å². The number of nitrogens with one attached hydrogen (secondary N) is 2. The average molecular weight is 683 g/mol. The Labute approximate surface area is 297 Å². The molecule has 1 saturated carbocycles. The third-order valence-corrected chi connectivity index (χ3v) is 10.3. The summed E-state index contributed by atoms with van der Waals surface area (Å²) in [5.74, 6) is -0.239. The van der Waals surface area contributed by atoms with Crippen molar-refractivity contribution in [1.29, 1.82) is 0 Å². The van der Waals surface area contributed by atoms with Crippen LogP contribution in [0.2, 0.25) is 0 Å². The third-order valence-electron chi connectivity index (χ3n) is 10.3. The quantitative estimate of drug-likeness (QED) is 0.219. The smallest absolute Gasteiger partial charge is 0.270 e. The van der Waals surface area contributed by atoms with E-state index in [1.54, 1.807) is 23.9 Å². The number of benzene rings is 2. The Bertz CT molecular complexity index is 1540. The zero-order valence-corrected chi connectivity index (χ0v) is 29.8. The molecule has 0 bridgehead atoms. The normalized spacial score (nSPS) is 17.0. The monoisotopic (exact) mass is 682 g/mol. The predicted molar refractivity (Wildman–Crippen MR) is 194 cm³/mol. The number of carbonyl (C=O) groups excluding carboxylic acids is 4. The first kappa shape index (κ1) is 37.0. The number of hydrogen-bond donors (Lipinski definition) is 2. The number of aryl methyl sites for hydroxylation is 2. The van der Waals surface area contributed by atoms with Gasteiger partial charge in [-0.2, -0.15) is 5.10 Å². The molecular weight excluding hydrogens is 628 g/mol. The average Bonchev–Trinajstić information content (AvgIpc) is 3.48. The Kier molecular flexibility index (Phi) is 13.8. The fraction of sp³-hybridized carbons (Fsp3) is 0.525. The molecule has 268 valence electrons. The van der Waals surface area contributed by atoms with Crippen LogP contribution in [-0.4, -0.2) is 81.3 Å². The van der Waals surface area contributed by atoms with Crippen LogP contribution in [0, 0.1) is 5.92 Å². The largest absolute Gasteiger partial charge is 0.344 e. The van der Waals surface area contributed by atoms with Gasteiger partial charge < -0.3 is 15.5 Å². The van der Waals surface area contributed by atoms with Crippen LogP contribution in [0.15, 0.2) is 66.9 Å². The van der Waals surface area contributed by atoms with E-state index in [4.69, 9.17) is 0 Å². The van der Waals surface area contributed by atoms with Crippen LogP contribution in [0.1, 0.15) is 92.4 Å². The minimum atomic E-state index is -0.636. The molecule has 2 aliphatic rings. The van der Waals surface area contributed by atoms with Gasteiger partial charge in [0.1, 0.15) is 11.7 Å². The van der Waals surface area contributed by atoms with Gasteiger partial charge in [0.05, 0.1) is 6.04 Å². The van der Waals surface area contributed by atoms with Crippen LogP contribution in [0.5, 0.6) is 0 Å². The number of nitrogens with zero attached hydrogens (tertiary/aromatic N) is 4. The number of ketones is 1. The van der Waals surface area contributed by atoms with Crippen LogP contribution in [-0.2, 0) is 40.3 Å². The molecule has 10 nitrogen and oxygen atoms in total. The summed E-state index contributed by atoms with van der Waals surface area (Å²) in [6.45, 7) is 8.01. The topological polar surface area (TPSA) is 117 Å². The van der Waals surface area contributed by atoms with E-state index in [0.717, 1.165) is 56.4 Å². The van der Waals surface area contributed by atoms with E-state index in [1.165, 1.54) is 18.4 Å². The van der Waals surface area contributed by atoms with Crippen molar-refractivity contribution in [2.45, 2.75) is 103 Å². The zero-order valence-electron chi connectivity index (χ0n) is 29.8. The zero-order chi connectivity index (χ0) is 35.3. The SMILES string of the molecule is CCC(=O)N[C@H](Cc1ccc(CCC(=O)[C@@H](NC(=O)c2ccnn2CC)C2CCCCCC2)cc1)C(=O)N1CCN(Cc2ccccc2)CC1. The number of hydrogen-bond acceptors (Lipinski definition) is 6. The van der Waals surface area contributed by atoms with Gasteiger partial charge in [0.25, 0.3) is 5.91 Å². The Hall–Kier alpha value is -4.31. The lowest BCUT2D eigenvalue weighted by atomic mass is 9.87. The van der Waals surface area contributed by atoms with Crippen molar-refractivity contribution in [2.24, 2.45) is 5.92 Å². The van der Waals surface area contributed by atoms with Crippen molar-refractivity contribution in [3.05, 3.63) is 89.2 Å². The van der Waals surface area contributed by atoms with Crippen LogP contribution in [0.25, 0.3) is 0 Å². The van der Waals surface area contributed by atoms with Crippen LogP contribution in [0.3, 0.4) is 0 Å². The number of Topliss-reactive ketones (excluding diaryl/α,β-unsaturated/α-hetero) is 1. The summed E-state index contributed by atoms with van der Waals surface area (Å²) in [5.41, 5.74) is 3.71. The molecule has 5 rings (SSSR count). The fourth-order valence-electron chi connectivity index (χ4n) is 7.28. The summed E-state index contributed by atoms with van der Waals surface area (Å²) in [6.07, 6.45) is 9.59. The lowest BCUT2D eigenvalue weighted by Gasteiger charge is -2.36. The Morgan fingerprint density at radius 1 is 0.800 bits per heavy atom. The molecule has 2 fully saturated rings. The van der Waals surface area contributed by atoms with Crippen molar-refractivity contribution in [3.8, 4) is 0 Å². The summed E-state index contributed by atoms with van der Waals surface area (Å²) in [6, 6.07) is 18.9. The molecule has 3 aromatic rings. The van der Waals surface area contributed by atoms with E-state index in [9.17, 15) is 19.2 Å². The summed E-state index contributed by atoms with van der Waals surface area (Å²) in [7, 11) is 0. The molecule has 50 heavy (non-hydrogen) atoms. The van der Waals surface area contributed by atoms with Gasteiger partial charge in [-0.05, 0) is 54.9 Å². The first-order chi connectivity index (χ1) is 24.3. The first-order valence-electron chi connectivity index (χ1n) is 18.6. The Morgan fingerprint density at radius 2 is 1.48 bits per heavy atom. The molecule has 10 heteroatoms. The van der Waals surface area contributed by atoms with Gasteiger partial charge in [-0.15, -0.1) is 0 Å². The molecule has 0 radical (unpaired) electrons. The molecule has 2 heterocycles. The van der Waals surface area contributed by atoms with E-state index in [1.807, 2.05) is 54.3 Å². The van der Waals surface area contributed by atoms with Crippen LogP contribution in [0.4, 0.5) is 0 Å². The highest BCUT2D eigenvalue weighted by molar-refractivity contribution is 5.97. The van der Waals surface area contributed by atoms with E-state index in [0.29, 0.717) is 51.0 Å². The van der Waals surface area contributed by atoms with Gasteiger partial charge in [0.15, 0.2) is 5.78 Å². The highest BCUT2D eigenvalue weighted by Crippen LogP contribution is 2.27. The minimum Gasteiger partial charge on any atom is -0.344 e. The Balaban J connectivity index is 1.18. The molecule has 1 aliphatic heterocycles. The van der Waals surface area contributed by atoms with E-state index >= 15 is 0 Å². The van der Waals surface area contributed by atoms with Crippen LogP contribution >= 0.6 is 0 Å². The summed E-state index contributed by atoms with van der Waals surface area (Å²) >= 11 is 0. The van der Waals surface area contributed by atoms with Crippen molar-refractivity contribution in [1.82, 2.24) is 30.2 Å². The lowest BCUT2D eigenvalue weighted by Crippen LogP contribution is -2.55. The summed E-state index contributed by atoms with van der Waals surface area (Å²) < 4.78 is 1.66. The van der Waals surface area contributed by atoms with Gasteiger partial charge >= 0.3 is 0 Å². The van der Waals surface area contributed by atoms with Gasteiger partial charge in [-0.25, -0.2) is 0 Å². The molecule has 2 atom stereocenters. The molecule has 2 aromatic carbocycles. The highest BCUT2D eigenvalue weighted by Gasteiger charge is 2.31. The maximum absolute atomic E-state index is 13.7. The van der Waals surface area contributed by atoms with Gasteiger partial charge in [-0.1, -0.05) is 87.2 Å². The highest BCUT2D eigenvalue weighted by atomic mass is 16.2. The molecule has 2 N–H and O–H groups in total. The molecular formula is C40H54N6O4. The molecule has 3 amide bonds. The fourth-order valence-corrected chi connectivity index (χ4v) is 7.28. The second kappa shape index (κ2) is 18.6. The van der Waals surface area contributed by atoms with Gasteiger partial charge in [0, 0.05) is 64.7 Å².